The van der Waals surface area contributed by atoms with Gasteiger partial charge in [-0.3, -0.25) is 9.48 Å². The first-order chi connectivity index (χ1) is 14.7. The minimum Gasteiger partial charge on any atom is -0.393 e. The van der Waals surface area contributed by atoms with E-state index in [0.29, 0.717) is 29.0 Å². The normalized spacial score (nSPS) is 43.6. The molecule has 31 heavy (non-hydrogen) atoms. The molecule has 4 fully saturated rings. The number of aryl methyl sites for hydroxylation is 2. The molecule has 170 valence electrons. The smallest absolute Gasteiger partial charge is 0.165 e. The van der Waals surface area contributed by atoms with Crippen molar-refractivity contribution in [1.29, 1.82) is 0 Å². The van der Waals surface area contributed by atoms with E-state index in [1.165, 1.54) is 25.0 Å². The lowest BCUT2D eigenvalue weighted by Crippen LogP contribution is -2.54. The van der Waals surface area contributed by atoms with Gasteiger partial charge in [0, 0.05) is 23.2 Å². The van der Waals surface area contributed by atoms with Gasteiger partial charge in [-0.05, 0) is 113 Å². The molecular weight excluding hydrogens is 384 g/mol. The van der Waals surface area contributed by atoms with Crippen LogP contribution in [0.3, 0.4) is 0 Å². The molecule has 1 aromatic heterocycles. The molecule has 0 spiro atoms. The minimum atomic E-state index is -0.188. The maximum absolute atomic E-state index is 13.7. The molecule has 1 heterocycles. The first kappa shape index (κ1) is 21.4. The van der Waals surface area contributed by atoms with Crippen LogP contribution in [-0.4, -0.2) is 26.8 Å². The van der Waals surface area contributed by atoms with E-state index in [1.54, 1.807) is 0 Å². The second-order valence-electron chi connectivity index (χ2n) is 11.6. The van der Waals surface area contributed by atoms with Crippen LogP contribution in [0.1, 0.15) is 89.1 Å². The molecule has 5 rings (SSSR count). The second kappa shape index (κ2) is 7.30. The number of carbonyl (C=O) groups is 1. The van der Waals surface area contributed by atoms with Crippen LogP contribution in [0.5, 0.6) is 0 Å². The number of aliphatic hydroxyl groups is 1. The molecule has 0 radical (unpaired) electrons. The summed E-state index contributed by atoms with van der Waals surface area (Å²) in [6.07, 6.45) is 10.8. The van der Waals surface area contributed by atoms with Crippen molar-refractivity contribution in [3.8, 4) is 0 Å². The largest absolute Gasteiger partial charge is 0.393 e. The summed E-state index contributed by atoms with van der Waals surface area (Å²) in [6.45, 7) is 12.0. The minimum absolute atomic E-state index is 0.0957. The summed E-state index contributed by atoms with van der Waals surface area (Å²) >= 11 is 0. The number of aromatic nitrogens is 2. The lowest BCUT2D eigenvalue weighted by molar-refractivity contribution is -0.141. The van der Waals surface area contributed by atoms with E-state index < -0.39 is 0 Å². The van der Waals surface area contributed by atoms with Gasteiger partial charge in [-0.1, -0.05) is 13.8 Å². The first-order valence-corrected chi connectivity index (χ1v) is 12.7. The molecule has 1 aromatic rings. The Labute approximate surface area is 187 Å². The monoisotopic (exact) mass is 424 g/mol. The summed E-state index contributed by atoms with van der Waals surface area (Å²) in [5.41, 5.74) is 4.57. The van der Waals surface area contributed by atoms with Gasteiger partial charge in [-0.2, -0.15) is 5.10 Å². The van der Waals surface area contributed by atoms with Crippen LogP contribution in [0.4, 0.5) is 0 Å². The van der Waals surface area contributed by atoms with Gasteiger partial charge in [-0.15, -0.1) is 0 Å². The Morgan fingerprint density at radius 3 is 2.61 bits per heavy atom. The predicted octanol–water partition coefficient (Wildman–Crippen LogP) is 5.49. The van der Waals surface area contributed by atoms with E-state index >= 15 is 0 Å². The van der Waals surface area contributed by atoms with Crippen LogP contribution in [0.2, 0.25) is 0 Å². The maximum Gasteiger partial charge on any atom is 0.165 e. The molecule has 4 aliphatic rings. The van der Waals surface area contributed by atoms with Crippen LogP contribution in [0, 0.1) is 48.3 Å². The van der Waals surface area contributed by atoms with Gasteiger partial charge in [-0.25, -0.2) is 0 Å². The van der Waals surface area contributed by atoms with E-state index in [0.717, 1.165) is 61.4 Å². The number of ketones is 1. The van der Waals surface area contributed by atoms with Gasteiger partial charge >= 0.3 is 0 Å². The number of nitrogens with zero attached hydrogens (tertiary/aromatic N) is 2. The molecule has 7 atom stereocenters. The van der Waals surface area contributed by atoms with E-state index in [-0.39, 0.29) is 11.5 Å². The van der Waals surface area contributed by atoms with Crippen molar-refractivity contribution in [1.82, 2.24) is 9.78 Å². The average molecular weight is 425 g/mol. The number of hydrogen-bond donors (Lipinski definition) is 1. The molecule has 0 aliphatic heterocycles. The van der Waals surface area contributed by atoms with Crippen LogP contribution >= 0.6 is 0 Å². The fourth-order valence-electron chi connectivity index (χ4n) is 8.44. The van der Waals surface area contributed by atoms with E-state index in [1.807, 2.05) is 4.68 Å². The third kappa shape index (κ3) is 3.03. The summed E-state index contributed by atoms with van der Waals surface area (Å²) < 4.78 is 2.05. The Bertz CT molecular complexity index is 930. The highest BCUT2D eigenvalue weighted by atomic mass is 16.3. The van der Waals surface area contributed by atoms with Crippen LogP contribution in [-0.2, 0) is 11.3 Å². The van der Waals surface area contributed by atoms with Crippen molar-refractivity contribution < 1.29 is 9.90 Å². The highest BCUT2D eigenvalue weighted by Crippen LogP contribution is 2.66. The van der Waals surface area contributed by atoms with Crippen LogP contribution < -0.4 is 0 Å². The molecule has 1 N–H and O–H groups in total. The van der Waals surface area contributed by atoms with Crippen molar-refractivity contribution in [3.63, 3.8) is 0 Å². The summed E-state index contributed by atoms with van der Waals surface area (Å²) in [5.74, 6) is 2.93. The Morgan fingerprint density at radius 2 is 1.90 bits per heavy atom. The van der Waals surface area contributed by atoms with Gasteiger partial charge in [0.1, 0.15) is 0 Å². The highest BCUT2D eigenvalue weighted by molar-refractivity contribution is 6.06. The third-order valence-corrected chi connectivity index (χ3v) is 10.3. The van der Waals surface area contributed by atoms with Crippen molar-refractivity contribution in [3.05, 3.63) is 22.5 Å². The van der Waals surface area contributed by atoms with Gasteiger partial charge in [0.25, 0.3) is 0 Å². The molecule has 4 aliphatic carbocycles. The van der Waals surface area contributed by atoms with Crippen LogP contribution in [0.15, 0.2) is 5.57 Å². The molecular formula is C27H40N2O2. The van der Waals surface area contributed by atoms with Gasteiger partial charge in [0.15, 0.2) is 5.78 Å². The van der Waals surface area contributed by atoms with E-state index in [9.17, 15) is 9.90 Å². The highest BCUT2D eigenvalue weighted by Gasteiger charge is 2.61. The third-order valence-electron chi connectivity index (χ3n) is 10.3. The standard InChI is InChI=1S/C27H40N2O2/c1-6-29-17(3)22(16(2)28-29)13-18-14-24-21-8-7-19-15-20(30)9-11-26(19,4)23(21)10-12-27(24,5)25(18)31/h13,19-21,23-24,30H,6-12,14-15H2,1-5H3/b18-13+/t19-,20+,21-,23+,24+,26-,27-/m0/s1. The Balaban J connectivity index is 1.46. The Hall–Kier alpha value is -1.42. The number of carbonyl (C=O) groups excluding carboxylic acids is 1. The fraction of sp³-hybridized carbons (Fsp3) is 0.778. The lowest BCUT2D eigenvalue weighted by Gasteiger charge is -2.59. The number of aliphatic hydroxyl groups excluding tert-OH is 1. The summed E-state index contributed by atoms with van der Waals surface area (Å²) in [6, 6.07) is 0. The fourth-order valence-corrected chi connectivity index (χ4v) is 8.44. The van der Waals surface area contributed by atoms with Gasteiger partial charge in [0.2, 0.25) is 0 Å². The molecule has 0 aromatic carbocycles. The molecule has 0 saturated heterocycles. The van der Waals surface area contributed by atoms with Crippen molar-refractivity contribution in [2.24, 2.45) is 34.5 Å². The average Bonchev–Trinajstić information content (AvgIpc) is 3.16. The van der Waals surface area contributed by atoms with E-state index in [4.69, 9.17) is 0 Å². The summed E-state index contributed by atoms with van der Waals surface area (Å²) in [4.78, 5) is 13.7. The van der Waals surface area contributed by atoms with Crippen molar-refractivity contribution in [2.75, 3.05) is 0 Å². The zero-order valence-corrected chi connectivity index (χ0v) is 20.1. The zero-order chi connectivity index (χ0) is 22.1. The van der Waals surface area contributed by atoms with Crippen molar-refractivity contribution >= 4 is 11.9 Å². The molecule has 4 heteroatoms. The second-order valence-corrected chi connectivity index (χ2v) is 11.6. The Kier molecular flexibility index (Phi) is 5.04. The topological polar surface area (TPSA) is 55.1 Å². The Morgan fingerprint density at radius 1 is 1.13 bits per heavy atom. The zero-order valence-electron chi connectivity index (χ0n) is 20.1. The lowest BCUT2D eigenvalue weighted by atomic mass is 9.45. The quantitative estimate of drug-likeness (QED) is 0.639. The van der Waals surface area contributed by atoms with Gasteiger partial charge < -0.3 is 5.11 Å². The molecule has 0 amide bonds. The predicted molar refractivity (Wildman–Crippen MR) is 123 cm³/mol. The molecule has 0 unspecified atom stereocenters. The number of hydrogen-bond acceptors (Lipinski definition) is 3. The molecule has 0 bridgehead atoms. The maximum atomic E-state index is 13.7. The number of Topliss-reactive ketones (excluding diaryl/α,β-unsaturated/α-hetero) is 1. The number of fused-ring (bicyclic) bond motifs is 5. The first-order valence-electron chi connectivity index (χ1n) is 12.7. The number of rotatable bonds is 2. The number of allylic oxidation sites excluding steroid dienone is 1. The summed E-state index contributed by atoms with van der Waals surface area (Å²) in [5, 5.41) is 14.9. The van der Waals surface area contributed by atoms with E-state index in [2.05, 4.69) is 45.8 Å². The molecule has 4 saturated carbocycles. The van der Waals surface area contributed by atoms with Gasteiger partial charge in [0.05, 0.1) is 11.8 Å². The molecule has 4 nitrogen and oxygen atoms in total. The van der Waals surface area contributed by atoms with Crippen LogP contribution in [0.25, 0.3) is 6.08 Å². The van der Waals surface area contributed by atoms with Crippen molar-refractivity contribution in [2.45, 2.75) is 98.6 Å². The SMILES string of the molecule is CCn1nc(C)c(/C=C2\C[C@@H]3[C@H]4CC[C@H]5C[C@H](O)CC[C@]5(C)[C@@H]4CC[C@]3(C)C2=O)c1C. The summed E-state index contributed by atoms with van der Waals surface area (Å²) in [7, 11) is 0.